The van der Waals surface area contributed by atoms with Crippen LogP contribution in [0.2, 0.25) is 0 Å². The summed E-state index contributed by atoms with van der Waals surface area (Å²) in [5.41, 5.74) is 3.95. The van der Waals surface area contributed by atoms with E-state index in [0.717, 1.165) is 63.8 Å². The van der Waals surface area contributed by atoms with Crippen LogP contribution in [0.5, 0.6) is 0 Å². The number of benzene rings is 1. The molecule has 0 aliphatic carbocycles. The molecular weight excluding hydrogens is 507 g/mol. The molecule has 2 heterocycles. The number of nitrogens with zero attached hydrogens (tertiary/aromatic N) is 2. The molecule has 3 rings (SSSR count). The molecule has 1 aliphatic heterocycles. The van der Waals surface area contributed by atoms with Crippen LogP contribution in [0, 0.1) is 20.8 Å². The summed E-state index contributed by atoms with van der Waals surface area (Å²) >= 11 is 1.79. The maximum Gasteiger partial charge on any atom is 0.191 e. The summed E-state index contributed by atoms with van der Waals surface area (Å²) in [4.78, 5) is 10.9. The van der Waals surface area contributed by atoms with Crippen molar-refractivity contribution in [2.24, 2.45) is 4.99 Å². The van der Waals surface area contributed by atoms with E-state index < -0.39 is 0 Å². The minimum absolute atomic E-state index is 0. The summed E-state index contributed by atoms with van der Waals surface area (Å²) in [6.07, 6.45) is 2.94. The molecule has 1 saturated heterocycles. The summed E-state index contributed by atoms with van der Waals surface area (Å²) in [5.74, 6) is 0.886. The van der Waals surface area contributed by atoms with Gasteiger partial charge in [0.15, 0.2) is 5.96 Å². The molecule has 0 unspecified atom stereocenters. The fraction of sp³-hybridized carbons (Fsp3) is 0.565. The summed E-state index contributed by atoms with van der Waals surface area (Å²) in [6, 6.07) is 8.73. The number of aromatic nitrogens is 1. The van der Waals surface area contributed by atoms with Crippen molar-refractivity contribution in [3.8, 4) is 0 Å². The predicted molar refractivity (Wildman–Crippen MR) is 138 cm³/mol. The molecule has 5 nitrogen and oxygen atoms in total. The molecule has 1 aromatic heterocycles. The Morgan fingerprint density at radius 3 is 2.53 bits per heavy atom. The summed E-state index contributed by atoms with van der Waals surface area (Å²) < 4.78 is 5.68. The molecule has 1 fully saturated rings. The van der Waals surface area contributed by atoms with Gasteiger partial charge in [-0.25, -0.2) is 4.98 Å². The normalized spacial score (nSPS) is 16.1. The lowest BCUT2D eigenvalue weighted by Crippen LogP contribution is -2.42. The van der Waals surface area contributed by atoms with Crippen molar-refractivity contribution < 1.29 is 4.74 Å². The average Bonchev–Trinajstić information content (AvgIpc) is 3.04. The van der Waals surface area contributed by atoms with Crippen LogP contribution < -0.4 is 10.6 Å². The van der Waals surface area contributed by atoms with Gasteiger partial charge in [0.1, 0.15) is 0 Å². The molecule has 7 heteroatoms. The lowest BCUT2D eigenvalue weighted by Gasteiger charge is -2.37. The van der Waals surface area contributed by atoms with Gasteiger partial charge >= 0.3 is 0 Å². The molecule has 0 amide bonds. The third kappa shape index (κ3) is 6.40. The fourth-order valence-electron chi connectivity index (χ4n) is 3.95. The molecule has 2 N–H and O–H groups in total. The second kappa shape index (κ2) is 12.0. The number of aryl methyl sites for hydroxylation is 3. The first-order valence-electron chi connectivity index (χ1n) is 10.6. The quantitative estimate of drug-likeness (QED) is 0.307. The predicted octanol–water partition coefficient (Wildman–Crippen LogP) is 4.53. The van der Waals surface area contributed by atoms with Crippen LogP contribution >= 0.6 is 35.3 Å². The first-order chi connectivity index (χ1) is 14.0. The molecule has 166 valence electrons. The smallest absolute Gasteiger partial charge is 0.191 e. The van der Waals surface area contributed by atoms with Gasteiger partial charge in [0.05, 0.1) is 17.2 Å². The van der Waals surface area contributed by atoms with Crippen LogP contribution in [0.4, 0.5) is 0 Å². The number of halogens is 1. The van der Waals surface area contributed by atoms with Crippen molar-refractivity contribution in [2.75, 3.05) is 32.8 Å². The Balaban J connectivity index is 0.00000320. The van der Waals surface area contributed by atoms with Gasteiger partial charge in [0, 0.05) is 43.0 Å². The van der Waals surface area contributed by atoms with Gasteiger partial charge in [-0.2, -0.15) is 0 Å². The van der Waals surface area contributed by atoms with E-state index in [1.165, 1.54) is 21.0 Å². The van der Waals surface area contributed by atoms with Crippen molar-refractivity contribution in [3.05, 3.63) is 51.0 Å². The van der Waals surface area contributed by atoms with Gasteiger partial charge in [0.25, 0.3) is 0 Å². The Labute approximate surface area is 202 Å². The standard InChI is InChI=1S/C23H34N4OS.HI/c1-5-24-22(25-13-10-21-27-18(3)19(4)29-21)26-16-23(11-14-28-15-12-23)20-9-7-6-8-17(20)2;/h6-9H,5,10-16H2,1-4H3,(H2,24,25,26);1H. The van der Waals surface area contributed by atoms with E-state index in [4.69, 9.17) is 9.73 Å². The van der Waals surface area contributed by atoms with Crippen molar-refractivity contribution in [3.63, 3.8) is 0 Å². The molecule has 2 aromatic rings. The number of hydrogen-bond acceptors (Lipinski definition) is 4. The van der Waals surface area contributed by atoms with Crippen LogP contribution in [-0.4, -0.2) is 43.8 Å². The zero-order valence-corrected chi connectivity index (χ0v) is 21.7. The number of guanidine groups is 1. The monoisotopic (exact) mass is 542 g/mol. The van der Waals surface area contributed by atoms with Gasteiger partial charge in [-0.3, -0.25) is 4.99 Å². The minimum Gasteiger partial charge on any atom is -0.381 e. The number of ether oxygens (including phenoxy) is 1. The third-order valence-corrected chi connectivity index (χ3v) is 6.89. The third-order valence-electron chi connectivity index (χ3n) is 5.75. The maximum atomic E-state index is 5.68. The number of rotatable bonds is 7. The Morgan fingerprint density at radius 1 is 1.17 bits per heavy atom. The minimum atomic E-state index is 0. The Morgan fingerprint density at radius 2 is 1.90 bits per heavy atom. The fourth-order valence-corrected chi connectivity index (χ4v) is 4.88. The molecule has 0 radical (unpaired) electrons. The van der Waals surface area contributed by atoms with Crippen LogP contribution in [0.1, 0.15) is 46.5 Å². The maximum absolute atomic E-state index is 5.68. The zero-order valence-electron chi connectivity index (χ0n) is 18.6. The van der Waals surface area contributed by atoms with Gasteiger partial charge < -0.3 is 15.4 Å². The summed E-state index contributed by atoms with van der Waals surface area (Å²) in [6.45, 7) is 12.6. The Bertz CT molecular complexity index is 811. The molecule has 0 atom stereocenters. The summed E-state index contributed by atoms with van der Waals surface area (Å²) in [7, 11) is 0. The first kappa shape index (κ1) is 25.1. The molecule has 1 aliphatic rings. The molecule has 0 spiro atoms. The number of nitrogens with one attached hydrogen (secondary N) is 2. The largest absolute Gasteiger partial charge is 0.381 e. The number of aliphatic imine (C=N–C) groups is 1. The molecule has 1 aromatic carbocycles. The lowest BCUT2D eigenvalue weighted by molar-refractivity contribution is 0.0529. The zero-order chi connectivity index (χ0) is 20.7. The SMILES string of the molecule is CCNC(=NCC1(c2ccccc2C)CCOCC1)NCCc1nc(C)c(C)s1.I. The molecule has 0 saturated carbocycles. The lowest BCUT2D eigenvalue weighted by atomic mass is 9.72. The van der Waals surface area contributed by atoms with Crippen LogP contribution in [0.3, 0.4) is 0 Å². The highest BCUT2D eigenvalue weighted by Crippen LogP contribution is 2.37. The molecule has 0 bridgehead atoms. The highest BCUT2D eigenvalue weighted by Gasteiger charge is 2.35. The number of thiazole rings is 1. The summed E-state index contributed by atoms with van der Waals surface area (Å²) in [5, 5.41) is 8.08. The van der Waals surface area contributed by atoms with Crippen molar-refractivity contribution in [1.29, 1.82) is 0 Å². The van der Waals surface area contributed by atoms with E-state index in [9.17, 15) is 0 Å². The van der Waals surface area contributed by atoms with E-state index >= 15 is 0 Å². The number of hydrogen-bond donors (Lipinski definition) is 2. The highest BCUT2D eigenvalue weighted by molar-refractivity contribution is 14.0. The second-order valence-electron chi connectivity index (χ2n) is 7.83. The topological polar surface area (TPSA) is 58.5 Å². The van der Waals surface area contributed by atoms with E-state index in [2.05, 4.69) is 67.6 Å². The van der Waals surface area contributed by atoms with Crippen LogP contribution in [0.15, 0.2) is 29.3 Å². The Kier molecular flexibility index (Phi) is 10.0. The van der Waals surface area contributed by atoms with Crippen LogP contribution in [-0.2, 0) is 16.6 Å². The van der Waals surface area contributed by atoms with Crippen LogP contribution in [0.25, 0.3) is 0 Å². The van der Waals surface area contributed by atoms with Gasteiger partial charge in [0.2, 0.25) is 0 Å². The van der Waals surface area contributed by atoms with Crippen molar-refractivity contribution in [2.45, 2.75) is 52.4 Å². The first-order valence-corrected chi connectivity index (χ1v) is 11.4. The average molecular weight is 543 g/mol. The molecule has 30 heavy (non-hydrogen) atoms. The highest BCUT2D eigenvalue weighted by atomic mass is 127. The van der Waals surface area contributed by atoms with E-state index in [1.54, 1.807) is 11.3 Å². The van der Waals surface area contributed by atoms with Gasteiger partial charge in [-0.15, -0.1) is 35.3 Å². The second-order valence-corrected chi connectivity index (χ2v) is 9.12. The van der Waals surface area contributed by atoms with Crippen molar-refractivity contribution in [1.82, 2.24) is 15.6 Å². The van der Waals surface area contributed by atoms with Gasteiger partial charge in [-0.1, -0.05) is 24.3 Å². The van der Waals surface area contributed by atoms with E-state index in [1.807, 2.05) is 0 Å². The van der Waals surface area contributed by atoms with E-state index in [0.29, 0.717) is 0 Å². The molecular formula is C23H35IN4OS. The van der Waals surface area contributed by atoms with Crippen molar-refractivity contribution >= 4 is 41.3 Å². The van der Waals surface area contributed by atoms with E-state index in [-0.39, 0.29) is 29.4 Å². The Hall–Kier alpha value is -1.19. The van der Waals surface area contributed by atoms with Gasteiger partial charge in [-0.05, 0) is 51.7 Å².